The summed E-state index contributed by atoms with van der Waals surface area (Å²) in [6, 6.07) is 0.101. The molecule has 0 spiro atoms. The number of hydrogen-bond acceptors (Lipinski definition) is 3. The second-order valence-corrected chi connectivity index (χ2v) is 4.53. The Morgan fingerprint density at radius 1 is 1.50 bits per heavy atom. The summed E-state index contributed by atoms with van der Waals surface area (Å²) < 4.78 is 5.36. The van der Waals surface area contributed by atoms with Gasteiger partial charge in [-0.05, 0) is 12.8 Å². The third-order valence-corrected chi connectivity index (χ3v) is 3.16. The lowest BCUT2D eigenvalue weighted by Crippen LogP contribution is -2.52. The zero-order valence-corrected chi connectivity index (χ0v) is 11.1. The van der Waals surface area contributed by atoms with E-state index in [4.69, 9.17) is 9.84 Å². The Hall–Kier alpha value is -1.30. The van der Waals surface area contributed by atoms with Crippen molar-refractivity contribution < 1.29 is 19.4 Å². The van der Waals surface area contributed by atoms with E-state index in [0.717, 1.165) is 6.42 Å². The average molecular weight is 258 g/mol. The number of morpholine rings is 1. The van der Waals surface area contributed by atoms with E-state index in [9.17, 15) is 9.59 Å². The third-order valence-electron chi connectivity index (χ3n) is 3.16. The topological polar surface area (TPSA) is 70.1 Å². The van der Waals surface area contributed by atoms with Crippen LogP contribution in [0.25, 0.3) is 0 Å². The lowest BCUT2D eigenvalue weighted by atomic mass is 10.2. The Labute approximate surface area is 107 Å². The Kier molecular flexibility index (Phi) is 5.91. The summed E-state index contributed by atoms with van der Waals surface area (Å²) in [6.45, 7) is 4.28. The van der Waals surface area contributed by atoms with E-state index >= 15 is 0 Å². The lowest BCUT2D eigenvalue weighted by Gasteiger charge is -2.37. The molecule has 1 rings (SSSR count). The highest BCUT2D eigenvalue weighted by atomic mass is 16.5. The van der Waals surface area contributed by atoms with Gasteiger partial charge in [0.1, 0.15) is 0 Å². The van der Waals surface area contributed by atoms with E-state index in [-0.39, 0.29) is 18.5 Å². The highest BCUT2D eigenvalue weighted by Gasteiger charge is 2.27. The van der Waals surface area contributed by atoms with E-state index in [1.54, 1.807) is 11.9 Å². The molecule has 18 heavy (non-hydrogen) atoms. The Morgan fingerprint density at radius 3 is 2.83 bits per heavy atom. The quantitative estimate of drug-likeness (QED) is 0.799. The number of ether oxygens (including phenoxy) is 1. The van der Waals surface area contributed by atoms with Crippen LogP contribution < -0.4 is 0 Å². The molecule has 0 aromatic heterocycles. The number of carbonyl (C=O) groups excluding carboxylic acids is 1. The largest absolute Gasteiger partial charge is 0.481 e. The molecule has 1 atom stereocenters. The molecule has 1 aliphatic heterocycles. The minimum atomic E-state index is -0.825. The molecular weight excluding hydrogens is 236 g/mol. The van der Waals surface area contributed by atoms with Gasteiger partial charge in [0.2, 0.25) is 0 Å². The first-order chi connectivity index (χ1) is 8.56. The first kappa shape index (κ1) is 14.8. The summed E-state index contributed by atoms with van der Waals surface area (Å²) in [7, 11) is 1.71. The molecule has 1 saturated heterocycles. The van der Waals surface area contributed by atoms with Crippen molar-refractivity contribution >= 4 is 12.0 Å². The summed E-state index contributed by atoms with van der Waals surface area (Å²) >= 11 is 0. The van der Waals surface area contributed by atoms with Gasteiger partial charge in [-0.2, -0.15) is 0 Å². The monoisotopic (exact) mass is 258 g/mol. The molecule has 104 valence electrons. The van der Waals surface area contributed by atoms with Crippen LogP contribution in [0.5, 0.6) is 0 Å². The second-order valence-electron chi connectivity index (χ2n) is 4.53. The fourth-order valence-corrected chi connectivity index (χ4v) is 2.03. The van der Waals surface area contributed by atoms with E-state index in [1.165, 1.54) is 0 Å². The fraction of sp³-hybridized carbons (Fsp3) is 0.833. The molecule has 0 bridgehead atoms. The van der Waals surface area contributed by atoms with Crippen molar-refractivity contribution in [3.63, 3.8) is 0 Å². The normalized spacial score (nSPS) is 19.7. The first-order valence-electron chi connectivity index (χ1n) is 6.37. The third kappa shape index (κ3) is 4.18. The SMILES string of the molecule is CCC1COCCN1C(=O)N(C)CCCC(=O)O. The van der Waals surface area contributed by atoms with Gasteiger partial charge in [-0.25, -0.2) is 4.79 Å². The summed E-state index contributed by atoms with van der Waals surface area (Å²) in [5.74, 6) is -0.825. The van der Waals surface area contributed by atoms with Crippen molar-refractivity contribution in [1.82, 2.24) is 9.80 Å². The van der Waals surface area contributed by atoms with Crippen molar-refractivity contribution in [2.75, 3.05) is 33.4 Å². The maximum atomic E-state index is 12.2. The number of amides is 2. The highest BCUT2D eigenvalue weighted by Crippen LogP contribution is 2.12. The van der Waals surface area contributed by atoms with Gasteiger partial charge in [-0.3, -0.25) is 4.79 Å². The molecule has 1 aliphatic rings. The Balaban J connectivity index is 2.43. The van der Waals surface area contributed by atoms with Crippen LogP contribution in [0.15, 0.2) is 0 Å². The molecule has 1 N–H and O–H groups in total. The van der Waals surface area contributed by atoms with Crippen molar-refractivity contribution in [1.29, 1.82) is 0 Å². The highest BCUT2D eigenvalue weighted by molar-refractivity contribution is 5.74. The molecule has 1 unspecified atom stereocenters. The Bertz CT molecular complexity index is 296. The molecule has 1 heterocycles. The van der Waals surface area contributed by atoms with Gasteiger partial charge in [0.15, 0.2) is 0 Å². The van der Waals surface area contributed by atoms with E-state index in [1.807, 2.05) is 11.8 Å². The number of rotatable bonds is 5. The van der Waals surface area contributed by atoms with Crippen molar-refractivity contribution in [3.8, 4) is 0 Å². The van der Waals surface area contributed by atoms with Gasteiger partial charge in [0.05, 0.1) is 19.3 Å². The second kappa shape index (κ2) is 7.20. The minimum absolute atomic E-state index is 0.0319. The van der Waals surface area contributed by atoms with Crippen LogP contribution >= 0.6 is 0 Å². The summed E-state index contributed by atoms with van der Waals surface area (Å²) in [4.78, 5) is 26.0. The summed E-state index contributed by atoms with van der Waals surface area (Å²) in [5.41, 5.74) is 0. The number of carboxylic acids is 1. The number of nitrogens with zero attached hydrogens (tertiary/aromatic N) is 2. The number of hydrogen-bond donors (Lipinski definition) is 1. The van der Waals surface area contributed by atoms with Crippen LogP contribution in [0.2, 0.25) is 0 Å². The standard InChI is InChI=1S/C12H22N2O4/c1-3-10-9-18-8-7-14(10)12(17)13(2)6-4-5-11(15)16/h10H,3-9H2,1-2H3,(H,15,16). The van der Waals surface area contributed by atoms with Crippen LogP contribution in [0.4, 0.5) is 4.79 Å². The number of urea groups is 1. The van der Waals surface area contributed by atoms with E-state index < -0.39 is 5.97 Å². The van der Waals surface area contributed by atoms with Crippen LogP contribution in [0.3, 0.4) is 0 Å². The molecular formula is C12H22N2O4. The van der Waals surface area contributed by atoms with E-state index in [2.05, 4.69) is 0 Å². The van der Waals surface area contributed by atoms with Crippen molar-refractivity contribution in [3.05, 3.63) is 0 Å². The van der Waals surface area contributed by atoms with Crippen molar-refractivity contribution in [2.24, 2.45) is 0 Å². The molecule has 0 radical (unpaired) electrons. The lowest BCUT2D eigenvalue weighted by molar-refractivity contribution is -0.137. The molecule has 1 fully saturated rings. The smallest absolute Gasteiger partial charge is 0.320 e. The van der Waals surface area contributed by atoms with Crippen LogP contribution in [-0.4, -0.2) is 66.3 Å². The summed E-state index contributed by atoms with van der Waals surface area (Å²) in [6.07, 6.45) is 1.45. The minimum Gasteiger partial charge on any atom is -0.481 e. The molecule has 0 aromatic rings. The molecule has 6 nitrogen and oxygen atoms in total. The molecule has 0 aliphatic carbocycles. The zero-order chi connectivity index (χ0) is 13.5. The zero-order valence-electron chi connectivity index (χ0n) is 11.1. The van der Waals surface area contributed by atoms with E-state index in [0.29, 0.717) is 32.7 Å². The number of aliphatic carboxylic acids is 1. The number of carbonyl (C=O) groups is 2. The van der Waals surface area contributed by atoms with Gasteiger partial charge in [-0.1, -0.05) is 6.92 Å². The molecule has 0 saturated carbocycles. The van der Waals surface area contributed by atoms with Gasteiger partial charge in [0, 0.05) is 26.6 Å². The van der Waals surface area contributed by atoms with Crippen LogP contribution in [0, 0.1) is 0 Å². The maximum Gasteiger partial charge on any atom is 0.320 e. The predicted molar refractivity (Wildman–Crippen MR) is 66.5 cm³/mol. The van der Waals surface area contributed by atoms with Gasteiger partial charge >= 0.3 is 12.0 Å². The molecule has 6 heteroatoms. The van der Waals surface area contributed by atoms with Crippen LogP contribution in [0.1, 0.15) is 26.2 Å². The maximum absolute atomic E-state index is 12.2. The van der Waals surface area contributed by atoms with Gasteiger partial charge in [-0.15, -0.1) is 0 Å². The first-order valence-corrected chi connectivity index (χ1v) is 6.37. The van der Waals surface area contributed by atoms with Crippen molar-refractivity contribution in [2.45, 2.75) is 32.2 Å². The van der Waals surface area contributed by atoms with Crippen LogP contribution in [-0.2, 0) is 9.53 Å². The molecule has 2 amide bonds. The Morgan fingerprint density at radius 2 is 2.22 bits per heavy atom. The number of carboxylic acid groups (broad SMARTS) is 1. The summed E-state index contributed by atoms with van der Waals surface area (Å²) in [5, 5.41) is 8.56. The molecule has 0 aromatic carbocycles. The van der Waals surface area contributed by atoms with Gasteiger partial charge < -0.3 is 19.6 Å². The fourth-order valence-electron chi connectivity index (χ4n) is 2.03. The average Bonchev–Trinajstić information content (AvgIpc) is 2.37. The predicted octanol–water partition coefficient (Wildman–Crippen LogP) is 1.01. The van der Waals surface area contributed by atoms with Gasteiger partial charge in [0.25, 0.3) is 0 Å².